The van der Waals surface area contributed by atoms with Crippen LogP contribution in [0, 0.1) is 10.1 Å². The first-order valence-corrected chi connectivity index (χ1v) is 29.7. The number of non-ortho nitro benzene ring substituents is 1. The summed E-state index contributed by atoms with van der Waals surface area (Å²) in [6.45, 7) is 0.730. The van der Waals surface area contributed by atoms with Gasteiger partial charge in [0.25, 0.3) is 17.5 Å². The van der Waals surface area contributed by atoms with E-state index in [1.165, 1.54) is 50.5 Å². The van der Waals surface area contributed by atoms with Crippen LogP contribution in [0.5, 0.6) is 5.75 Å². The Balaban J connectivity index is 0.000000211. The molecule has 4 fully saturated rings. The number of pyridine rings is 2. The molecule has 0 spiro atoms. The molecule has 0 unspecified atom stereocenters. The quantitative estimate of drug-likeness (QED) is 0.0223. The molecule has 5 aromatic carbocycles. The molecule has 0 radical (unpaired) electrons. The summed E-state index contributed by atoms with van der Waals surface area (Å²) >= 11 is 0. The summed E-state index contributed by atoms with van der Waals surface area (Å²) in [5.41, 5.74) is 9.92. The standard InChI is InChI=1S/C34H27N3O10S.C28H25N3O7S.Rb/c1-34(21-45-33(40)46-26-17-15-25(16-18-26)37(41)42)29(32(39)47-28(22-10-4-2-5-11-22)23-12-6-3-7-13-23)36-30(38)27(31(36)48(34,43)44)20-24-14-8-9-19-35-24;1-28(17-37-27(29)34)23(26(33)38-22(18-10-4-2-5-11-18)19-12-6-3-7-13-19)31-24(32)21(25(31)39(28,35)36)16-20-14-8-9-15-30-20;/h2-20,28-29,31H,21H2,1H3;2-16,22-23,25H,17H2,1H3,(H2,29,34);/q;;+1/p-1/b27-20-;21-16-;/t29-,31+,34-;23-,25+,28-;/m00./s1. The first-order valence-electron chi connectivity index (χ1n) is 26.6. The summed E-state index contributed by atoms with van der Waals surface area (Å²) in [5.74, 6) is -3.50. The first-order chi connectivity index (χ1) is 41.7. The SMILES string of the molecule is C[C@]1(COC(=O)Oc2ccc([N+](=O)[O-])cc2)[C@H](C(=O)OC(c2ccccc2)c2ccccc2)N2C(=O)/C(=C/c3ccccn3)[C@H]2S1(=O)=O.C[C@]1(COC([NH-])=O)[C@H](C(=O)OC(c2ccccc2)c2ccccc2)N2C(=O)/C(=C/c3ccccn3)[C@H]2S1(=O)=O.[Rb+]. The molecule has 444 valence electrons. The smallest absolute Gasteiger partial charge is 0.632 e. The molecule has 0 saturated carbocycles. The van der Waals surface area contributed by atoms with Crippen molar-refractivity contribution in [3.05, 3.63) is 255 Å². The molecule has 6 atom stereocenters. The number of sulfone groups is 2. The van der Waals surface area contributed by atoms with Crippen LogP contribution in [0.2, 0.25) is 0 Å². The molecule has 0 bridgehead atoms. The molecule has 0 aliphatic carbocycles. The average molecular weight is 1300 g/mol. The van der Waals surface area contributed by atoms with Gasteiger partial charge in [0.05, 0.1) is 27.5 Å². The second-order valence-electron chi connectivity index (χ2n) is 20.6. The van der Waals surface area contributed by atoms with Gasteiger partial charge in [0.2, 0.25) is 6.09 Å². The van der Waals surface area contributed by atoms with Gasteiger partial charge in [-0.15, -0.1) is 0 Å². The minimum atomic E-state index is -4.47. The van der Waals surface area contributed by atoms with Gasteiger partial charge in [0.1, 0.15) is 28.5 Å². The third-order valence-corrected chi connectivity index (χ3v) is 20.5. The van der Waals surface area contributed by atoms with Crippen LogP contribution < -0.4 is 62.9 Å². The molecule has 3 amide bonds. The van der Waals surface area contributed by atoms with Crippen molar-refractivity contribution < 1.29 is 132 Å². The van der Waals surface area contributed by atoms with Crippen molar-refractivity contribution >= 4 is 73.5 Å². The van der Waals surface area contributed by atoms with E-state index in [4.69, 9.17) is 29.4 Å². The van der Waals surface area contributed by atoms with Gasteiger partial charge in [0, 0.05) is 24.5 Å². The van der Waals surface area contributed by atoms with E-state index in [2.05, 4.69) is 9.97 Å². The Morgan fingerprint density at radius 1 is 0.568 bits per heavy atom. The number of aromatic nitrogens is 2. The number of carbonyl (C=O) groups is 6. The Labute approximate surface area is 552 Å². The summed E-state index contributed by atoms with van der Waals surface area (Å²) in [4.78, 5) is 99.5. The zero-order valence-electron chi connectivity index (χ0n) is 47.0. The molecular formula is C62H51N6O17RbS2. The first kappa shape index (κ1) is 63.9. The number of carbonyl (C=O) groups excluding carboxylic acids is 6. The third-order valence-electron chi connectivity index (χ3n) is 15.1. The number of nitrogens with zero attached hydrogens (tertiary/aromatic N) is 5. The molecule has 4 aliphatic rings. The second kappa shape index (κ2) is 26.4. The fourth-order valence-corrected chi connectivity index (χ4v) is 15.2. The van der Waals surface area contributed by atoms with E-state index in [1.807, 2.05) is 12.1 Å². The van der Waals surface area contributed by atoms with E-state index in [9.17, 15) is 55.7 Å². The van der Waals surface area contributed by atoms with Crippen LogP contribution in [-0.2, 0) is 57.8 Å². The fourth-order valence-electron chi connectivity index (χ4n) is 10.7. The van der Waals surface area contributed by atoms with Gasteiger partial charge in [0.15, 0.2) is 54.7 Å². The van der Waals surface area contributed by atoms with E-state index in [-0.39, 0.29) is 80.8 Å². The van der Waals surface area contributed by atoms with Gasteiger partial charge in [-0.05, 0) is 84.7 Å². The third kappa shape index (κ3) is 12.3. The Morgan fingerprint density at radius 2 is 0.920 bits per heavy atom. The predicted molar refractivity (Wildman–Crippen MR) is 310 cm³/mol. The van der Waals surface area contributed by atoms with Gasteiger partial charge in [-0.3, -0.25) is 34.5 Å². The molecule has 88 heavy (non-hydrogen) atoms. The van der Waals surface area contributed by atoms with Crippen LogP contribution in [0.25, 0.3) is 17.9 Å². The largest absolute Gasteiger partial charge is 1.00 e. The van der Waals surface area contributed by atoms with Crippen molar-refractivity contribution in [2.24, 2.45) is 0 Å². The summed E-state index contributed by atoms with van der Waals surface area (Å²) in [7, 11) is -8.81. The Morgan fingerprint density at radius 3 is 1.25 bits per heavy atom. The molecule has 4 saturated heterocycles. The number of benzene rings is 5. The average Bonchev–Trinajstić information content (AvgIpc) is 1.53. The number of esters is 2. The zero-order valence-corrected chi connectivity index (χ0v) is 53.6. The number of fused-ring (bicyclic) bond motifs is 2. The van der Waals surface area contributed by atoms with Crippen LogP contribution in [-0.4, -0.2) is 123 Å². The van der Waals surface area contributed by atoms with Gasteiger partial charge in [-0.2, -0.15) is 0 Å². The summed E-state index contributed by atoms with van der Waals surface area (Å²) in [6.07, 6.45) is 1.04. The van der Waals surface area contributed by atoms with Crippen LogP contribution >= 0.6 is 0 Å². The summed E-state index contributed by atoms with van der Waals surface area (Å²) < 4.78 is 79.1. The number of rotatable bonds is 16. The van der Waals surface area contributed by atoms with E-state index in [0.29, 0.717) is 33.6 Å². The maximum Gasteiger partial charge on any atom is 1.00 e. The second-order valence-corrected chi connectivity index (χ2v) is 25.5. The molecule has 26 heteroatoms. The Hall–Kier alpha value is -8.59. The Kier molecular flexibility index (Phi) is 19.2. The molecule has 23 nitrogen and oxygen atoms in total. The van der Waals surface area contributed by atoms with Crippen molar-refractivity contribution in [3.63, 3.8) is 0 Å². The van der Waals surface area contributed by atoms with E-state index < -0.39 is 118 Å². The van der Waals surface area contributed by atoms with Crippen LogP contribution in [0.4, 0.5) is 15.3 Å². The molecule has 4 aliphatic heterocycles. The zero-order chi connectivity index (χ0) is 61.8. The van der Waals surface area contributed by atoms with Gasteiger partial charge >= 0.3 is 76.3 Å². The normalized spacial score (nSPS) is 22.5. The van der Waals surface area contributed by atoms with Gasteiger partial charge < -0.3 is 39.2 Å². The van der Waals surface area contributed by atoms with E-state index >= 15 is 0 Å². The minimum absolute atomic E-state index is 0. The number of β-lactam (4-membered cyclic amide) rings is 2. The maximum absolute atomic E-state index is 14.3. The van der Waals surface area contributed by atoms with Crippen molar-refractivity contribution in [2.75, 3.05) is 13.2 Å². The van der Waals surface area contributed by atoms with E-state index in [1.54, 1.807) is 146 Å². The van der Waals surface area contributed by atoms with Crippen molar-refractivity contribution in [2.45, 2.75) is 58.4 Å². The maximum atomic E-state index is 14.3. The van der Waals surface area contributed by atoms with E-state index in [0.717, 1.165) is 21.9 Å². The number of nitro benzene ring substituents is 1. The number of nitro groups is 1. The van der Waals surface area contributed by atoms with Gasteiger partial charge in [-0.1, -0.05) is 133 Å². The number of ether oxygens (including phenoxy) is 5. The number of amides is 3. The number of hydrogen-bond donors (Lipinski definition) is 0. The topological polar surface area (TPSA) is 316 Å². The molecule has 2 aromatic heterocycles. The number of hydrogen-bond acceptors (Lipinski definition) is 19. The monoisotopic (exact) mass is 1300 g/mol. The molecule has 1 N–H and O–H groups in total. The summed E-state index contributed by atoms with van der Waals surface area (Å²) in [6, 6.07) is 46.5. The minimum Gasteiger partial charge on any atom is -0.632 e. The summed E-state index contributed by atoms with van der Waals surface area (Å²) in [5, 5.41) is 7.93. The van der Waals surface area contributed by atoms with Crippen molar-refractivity contribution in [1.82, 2.24) is 19.8 Å². The Bertz CT molecular complexity index is 4010. The molecular weight excluding hydrogens is 1250 g/mol. The van der Waals surface area contributed by atoms with Gasteiger partial charge in [-0.25, -0.2) is 31.2 Å². The van der Waals surface area contributed by atoms with Crippen LogP contribution in [0.1, 0.15) is 59.7 Å². The van der Waals surface area contributed by atoms with Crippen LogP contribution in [0.3, 0.4) is 0 Å². The molecule has 6 heterocycles. The number of nitrogens with one attached hydrogen (secondary N) is 1. The molecule has 11 rings (SSSR count). The molecule has 7 aromatic rings. The fraction of sp³-hybridized carbons (Fsp3) is 0.194. The van der Waals surface area contributed by atoms with Crippen molar-refractivity contribution in [1.29, 1.82) is 0 Å². The van der Waals surface area contributed by atoms with Crippen molar-refractivity contribution in [3.8, 4) is 5.75 Å². The van der Waals surface area contributed by atoms with Crippen LogP contribution in [0.15, 0.2) is 206 Å². The predicted octanol–water partition coefficient (Wildman–Crippen LogP) is 5.36.